The van der Waals surface area contributed by atoms with Gasteiger partial charge in [0.2, 0.25) is 5.91 Å². The molecule has 6 heteroatoms. The highest BCUT2D eigenvalue weighted by molar-refractivity contribution is 7.99. The molecule has 0 fully saturated rings. The normalized spacial score (nSPS) is 11.0. The van der Waals surface area contributed by atoms with Crippen molar-refractivity contribution in [1.29, 1.82) is 0 Å². The fourth-order valence-electron chi connectivity index (χ4n) is 3.68. The van der Waals surface area contributed by atoms with Gasteiger partial charge < -0.3 is 4.90 Å². The van der Waals surface area contributed by atoms with Crippen LogP contribution in [0.5, 0.6) is 0 Å². The molecular formula is C25H23N3O2S. The number of anilines is 1. The molecule has 1 aromatic heterocycles. The highest BCUT2D eigenvalue weighted by Gasteiger charge is 2.18. The standard InChI is InChI=1S/C25H23N3O2S/c1-3-16-28-24(30)20-13-7-8-14-21(20)26-25(28)31-17-23(29)27(4-2)22-15-9-11-18-10-5-6-12-19(18)22/h3,5-15H,1,4,16-17H2,2H3. The van der Waals surface area contributed by atoms with E-state index >= 15 is 0 Å². The summed E-state index contributed by atoms with van der Waals surface area (Å²) in [6, 6.07) is 21.3. The van der Waals surface area contributed by atoms with Crippen molar-refractivity contribution >= 4 is 45.0 Å². The van der Waals surface area contributed by atoms with Crippen molar-refractivity contribution < 1.29 is 4.79 Å². The minimum absolute atomic E-state index is 0.0311. The van der Waals surface area contributed by atoms with Crippen molar-refractivity contribution in [3.8, 4) is 0 Å². The Bertz CT molecular complexity index is 1320. The Morgan fingerprint density at radius 1 is 1.06 bits per heavy atom. The Hall–Kier alpha value is -3.38. The van der Waals surface area contributed by atoms with Crippen LogP contribution in [0.2, 0.25) is 0 Å². The molecular weight excluding hydrogens is 406 g/mol. The molecule has 0 aliphatic carbocycles. The average Bonchev–Trinajstić information content (AvgIpc) is 2.80. The molecule has 0 saturated heterocycles. The summed E-state index contributed by atoms with van der Waals surface area (Å²) >= 11 is 1.28. The minimum atomic E-state index is -0.123. The number of para-hydroxylation sites is 1. The number of amides is 1. The second-order valence-electron chi connectivity index (χ2n) is 7.04. The smallest absolute Gasteiger partial charge is 0.262 e. The molecule has 4 aromatic rings. The maximum atomic E-state index is 13.2. The van der Waals surface area contributed by atoms with E-state index in [0.717, 1.165) is 16.5 Å². The molecule has 1 heterocycles. The number of aromatic nitrogens is 2. The summed E-state index contributed by atoms with van der Waals surface area (Å²) in [5, 5.41) is 3.21. The van der Waals surface area contributed by atoms with E-state index in [4.69, 9.17) is 0 Å². The second-order valence-corrected chi connectivity index (χ2v) is 7.98. The van der Waals surface area contributed by atoms with Gasteiger partial charge in [0.05, 0.1) is 22.3 Å². The molecule has 156 valence electrons. The fraction of sp³-hybridized carbons (Fsp3) is 0.160. The summed E-state index contributed by atoms with van der Waals surface area (Å²) in [5.74, 6) is 0.148. The molecule has 0 N–H and O–H groups in total. The van der Waals surface area contributed by atoms with Gasteiger partial charge >= 0.3 is 0 Å². The van der Waals surface area contributed by atoms with Crippen LogP contribution in [0.1, 0.15) is 6.92 Å². The number of hydrogen-bond donors (Lipinski definition) is 0. The summed E-state index contributed by atoms with van der Waals surface area (Å²) in [7, 11) is 0. The Labute approximate surface area is 185 Å². The molecule has 0 saturated carbocycles. The van der Waals surface area contributed by atoms with Crippen LogP contribution in [-0.4, -0.2) is 27.8 Å². The molecule has 0 bridgehead atoms. The van der Waals surface area contributed by atoms with E-state index in [9.17, 15) is 9.59 Å². The van der Waals surface area contributed by atoms with Crippen molar-refractivity contribution in [2.45, 2.75) is 18.6 Å². The first-order valence-electron chi connectivity index (χ1n) is 10.2. The molecule has 31 heavy (non-hydrogen) atoms. The van der Waals surface area contributed by atoms with Gasteiger partial charge in [-0.2, -0.15) is 0 Å². The number of benzene rings is 3. The number of thioether (sulfide) groups is 1. The molecule has 0 aliphatic heterocycles. The number of fused-ring (bicyclic) bond motifs is 2. The Morgan fingerprint density at radius 2 is 1.77 bits per heavy atom. The van der Waals surface area contributed by atoms with Crippen molar-refractivity contribution in [3.63, 3.8) is 0 Å². The molecule has 0 atom stereocenters. The van der Waals surface area contributed by atoms with Gasteiger partial charge in [-0.05, 0) is 30.5 Å². The van der Waals surface area contributed by atoms with Crippen LogP contribution >= 0.6 is 11.8 Å². The third-order valence-corrected chi connectivity index (χ3v) is 6.10. The predicted octanol–water partition coefficient (Wildman–Crippen LogP) is 4.88. The number of rotatable bonds is 7. The van der Waals surface area contributed by atoms with Crippen molar-refractivity contribution in [1.82, 2.24) is 9.55 Å². The van der Waals surface area contributed by atoms with Gasteiger partial charge in [0.15, 0.2) is 5.16 Å². The SMILES string of the molecule is C=CCn1c(SCC(=O)N(CC)c2cccc3ccccc23)nc2ccccc2c1=O. The van der Waals surface area contributed by atoms with Crippen molar-refractivity contribution in [3.05, 3.63) is 89.7 Å². The van der Waals surface area contributed by atoms with E-state index in [-0.39, 0.29) is 17.2 Å². The zero-order valence-corrected chi connectivity index (χ0v) is 18.1. The molecule has 0 radical (unpaired) electrons. The van der Waals surface area contributed by atoms with E-state index in [1.807, 2.05) is 67.6 Å². The van der Waals surface area contributed by atoms with Gasteiger partial charge in [-0.15, -0.1) is 6.58 Å². The minimum Gasteiger partial charge on any atom is -0.311 e. The van der Waals surface area contributed by atoms with Crippen LogP contribution in [0, 0.1) is 0 Å². The van der Waals surface area contributed by atoms with E-state index in [2.05, 4.69) is 11.6 Å². The van der Waals surface area contributed by atoms with Gasteiger partial charge in [0, 0.05) is 18.5 Å². The predicted molar refractivity (Wildman–Crippen MR) is 129 cm³/mol. The lowest BCUT2D eigenvalue weighted by Gasteiger charge is -2.23. The van der Waals surface area contributed by atoms with E-state index in [1.165, 1.54) is 11.8 Å². The van der Waals surface area contributed by atoms with Crippen molar-refractivity contribution in [2.24, 2.45) is 0 Å². The Morgan fingerprint density at radius 3 is 2.55 bits per heavy atom. The van der Waals surface area contributed by atoms with Crippen LogP contribution in [-0.2, 0) is 11.3 Å². The summed E-state index contributed by atoms with van der Waals surface area (Å²) in [6.45, 7) is 6.61. The summed E-state index contributed by atoms with van der Waals surface area (Å²) < 4.78 is 1.57. The van der Waals surface area contributed by atoms with E-state index < -0.39 is 0 Å². The first kappa shape index (κ1) is 20.9. The van der Waals surface area contributed by atoms with Gasteiger partial charge in [0.1, 0.15) is 0 Å². The first-order chi connectivity index (χ1) is 15.1. The molecule has 1 amide bonds. The number of carbonyl (C=O) groups is 1. The summed E-state index contributed by atoms with van der Waals surface area (Å²) in [4.78, 5) is 32.5. The van der Waals surface area contributed by atoms with E-state index in [0.29, 0.717) is 29.1 Å². The maximum absolute atomic E-state index is 13.2. The Balaban J connectivity index is 1.64. The van der Waals surface area contributed by atoms with Gasteiger partial charge in [-0.3, -0.25) is 14.2 Å². The lowest BCUT2D eigenvalue weighted by Crippen LogP contribution is -2.32. The average molecular weight is 430 g/mol. The molecule has 0 aliphatic rings. The zero-order chi connectivity index (χ0) is 21.8. The molecule has 0 unspecified atom stereocenters. The number of carbonyl (C=O) groups excluding carboxylic acids is 1. The van der Waals surface area contributed by atoms with Crippen molar-refractivity contribution in [2.75, 3.05) is 17.2 Å². The lowest BCUT2D eigenvalue weighted by molar-refractivity contribution is -0.116. The third kappa shape index (κ3) is 4.11. The maximum Gasteiger partial charge on any atom is 0.262 e. The largest absolute Gasteiger partial charge is 0.311 e. The molecule has 5 nitrogen and oxygen atoms in total. The zero-order valence-electron chi connectivity index (χ0n) is 17.3. The molecule has 3 aromatic carbocycles. The number of nitrogens with zero attached hydrogens (tertiary/aromatic N) is 3. The highest BCUT2D eigenvalue weighted by Crippen LogP contribution is 2.28. The lowest BCUT2D eigenvalue weighted by atomic mass is 10.1. The highest BCUT2D eigenvalue weighted by atomic mass is 32.2. The first-order valence-corrected chi connectivity index (χ1v) is 11.1. The Kier molecular flexibility index (Phi) is 6.18. The van der Waals surface area contributed by atoms with Gasteiger partial charge in [0.25, 0.3) is 5.56 Å². The van der Waals surface area contributed by atoms with Crippen LogP contribution < -0.4 is 10.5 Å². The number of allylic oxidation sites excluding steroid dienone is 1. The topological polar surface area (TPSA) is 55.2 Å². The third-order valence-electron chi connectivity index (χ3n) is 5.14. The van der Waals surface area contributed by atoms with Crippen LogP contribution in [0.15, 0.2) is 89.3 Å². The van der Waals surface area contributed by atoms with E-state index in [1.54, 1.807) is 21.6 Å². The number of hydrogen-bond acceptors (Lipinski definition) is 4. The van der Waals surface area contributed by atoms with Gasteiger partial charge in [-0.1, -0.05) is 66.4 Å². The summed E-state index contributed by atoms with van der Waals surface area (Å²) in [6.07, 6.45) is 1.66. The van der Waals surface area contributed by atoms with Crippen LogP contribution in [0.25, 0.3) is 21.7 Å². The quantitative estimate of drug-likeness (QED) is 0.239. The second kappa shape index (κ2) is 9.18. The van der Waals surface area contributed by atoms with Crippen LogP contribution in [0.3, 0.4) is 0 Å². The molecule has 0 spiro atoms. The van der Waals surface area contributed by atoms with Gasteiger partial charge in [-0.25, -0.2) is 4.98 Å². The molecule has 4 rings (SSSR count). The van der Waals surface area contributed by atoms with Crippen LogP contribution in [0.4, 0.5) is 5.69 Å². The monoisotopic (exact) mass is 429 g/mol. The summed E-state index contributed by atoms with van der Waals surface area (Å²) in [5.41, 5.74) is 1.40. The fourth-order valence-corrected chi connectivity index (χ4v) is 4.56.